The maximum Gasteiger partial charge on any atom is 0.261 e. The second-order valence-electron chi connectivity index (χ2n) is 11.2. The quantitative estimate of drug-likeness (QED) is 0.653. The van der Waals surface area contributed by atoms with E-state index in [-0.39, 0.29) is 28.1 Å². The Kier molecular flexibility index (Phi) is 5.74. The monoisotopic (exact) mass is 497 g/mol. The van der Waals surface area contributed by atoms with Crippen molar-refractivity contribution in [1.82, 2.24) is 24.7 Å². The molecule has 4 aliphatic rings. The molecule has 192 valence electrons. The summed E-state index contributed by atoms with van der Waals surface area (Å²) in [7, 11) is 0. The predicted molar refractivity (Wildman–Crippen MR) is 130 cm³/mol. The van der Waals surface area contributed by atoms with Gasteiger partial charge < -0.3 is 19.5 Å². The molecular weight excluding hydrogens is 465 g/mol. The smallest absolute Gasteiger partial charge is 0.261 e. The molecule has 0 bridgehead atoms. The third kappa shape index (κ3) is 4.47. The zero-order valence-corrected chi connectivity index (χ0v) is 20.6. The molecular formula is C26H32FN5O4. The molecule has 3 saturated heterocycles. The van der Waals surface area contributed by atoms with Gasteiger partial charge in [-0.25, -0.2) is 9.37 Å². The molecule has 1 aromatic carbocycles. The molecule has 10 heteroatoms. The van der Waals surface area contributed by atoms with Crippen molar-refractivity contribution in [2.24, 2.45) is 17.3 Å². The van der Waals surface area contributed by atoms with Gasteiger partial charge in [-0.3, -0.25) is 19.3 Å². The van der Waals surface area contributed by atoms with Gasteiger partial charge in [-0.2, -0.15) is 0 Å². The van der Waals surface area contributed by atoms with Crippen molar-refractivity contribution in [3.63, 3.8) is 0 Å². The molecule has 2 amide bonds. The summed E-state index contributed by atoms with van der Waals surface area (Å²) in [4.78, 5) is 49.6. The van der Waals surface area contributed by atoms with Crippen LogP contribution in [0.1, 0.15) is 38.4 Å². The normalized spacial score (nSPS) is 21.9. The number of H-pyrrole nitrogens is 1. The van der Waals surface area contributed by atoms with Crippen LogP contribution in [-0.2, 0) is 16.1 Å². The Hall–Kier alpha value is -3.01. The number of likely N-dealkylation sites (tertiary alicyclic amines) is 3. The molecule has 3 aliphatic heterocycles. The SMILES string of the molecule is CC(=O)N1CCC(COc2cc(F)c3c(=O)[nH]c(CN4CC5(C4)CN(C(=O)C4CC4)C5)nc3c2)CC1. The van der Waals surface area contributed by atoms with Gasteiger partial charge in [0, 0.05) is 69.7 Å². The maximum atomic E-state index is 14.8. The summed E-state index contributed by atoms with van der Waals surface area (Å²) in [5, 5.41) is -0.0610. The first-order valence-electron chi connectivity index (χ1n) is 12.9. The van der Waals surface area contributed by atoms with E-state index in [1.807, 2.05) is 9.80 Å². The van der Waals surface area contributed by atoms with Crippen LogP contribution in [0.25, 0.3) is 10.9 Å². The maximum absolute atomic E-state index is 14.8. The summed E-state index contributed by atoms with van der Waals surface area (Å²) in [5.74, 6) is 1.16. The molecule has 2 aromatic rings. The second kappa shape index (κ2) is 8.83. The van der Waals surface area contributed by atoms with Crippen LogP contribution in [0, 0.1) is 23.1 Å². The zero-order chi connectivity index (χ0) is 25.0. The Bertz CT molecular complexity index is 1250. The third-order valence-electron chi connectivity index (χ3n) is 8.11. The minimum Gasteiger partial charge on any atom is -0.493 e. The Morgan fingerprint density at radius 1 is 1.11 bits per heavy atom. The summed E-state index contributed by atoms with van der Waals surface area (Å²) in [6.07, 6.45) is 3.76. The number of halogens is 1. The lowest BCUT2D eigenvalue weighted by atomic mass is 9.72. The van der Waals surface area contributed by atoms with E-state index < -0.39 is 11.4 Å². The van der Waals surface area contributed by atoms with Gasteiger partial charge in [-0.05, 0) is 31.6 Å². The summed E-state index contributed by atoms with van der Waals surface area (Å²) in [6.45, 7) is 7.28. The number of hydrogen-bond donors (Lipinski definition) is 1. The van der Waals surface area contributed by atoms with Gasteiger partial charge in [0.1, 0.15) is 22.8 Å². The van der Waals surface area contributed by atoms with E-state index >= 15 is 0 Å². The number of ether oxygens (including phenoxy) is 1. The van der Waals surface area contributed by atoms with Crippen LogP contribution in [0.2, 0.25) is 0 Å². The molecule has 0 unspecified atom stereocenters. The number of aromatic nitrogens is 2. The van der Waals surface area contributed by atoms with Crippen LogP contribution in [-0.4, -0.2) is 82.4 Å². The first kappa shape index (κ1) is 23.4. The average molecular weight is 498 g/mol. The van der Waals surface area contributed by atoms with Gasteiger partial charge in [0.15, 0.2) is 0 Å². The Labute approximate surface area is 208 Å². The number of rotatable bonds is 6. The van der Waals surface area contributed by atoms with Crippen molar-refractivity contribution < 1.29 is 18.7 Å². The molecule has 1 saturated carbocycles. The van der Waals surface area contributed by atoms with E-state index in [9.17, 15) is 18.8 Å². The minimum atomic E-state index is -0.646. The Morgan fingerprint density at radius 2 is 1.83 bits per heavy atom. The van der Waals surface area contributed by atoms with Crippen molar-refractivity contribution in [1.29, 1.82) is 0 Å². The van der Waals surface area contributed by atoms with Crippen LogP contribution in [0.15, 0.2) is 16.9 Å². The first-order chi connectivity index (χ1) is 17.3. The van der Waals surface area contributed by atoms with E-state index in [1.165, 1.54) is 6.07 Å². The molecule has 4 fully saturated rings. The van der Waals surface area contributed by atoms with Crippen LogP contribution in [0.5, 0.6) is 5.75 Å². The molecule has 0 radical (unpaired) electrons. The number of nitrogens with one attached hydrogen (secondary N) is 1. The molecule has 0 atom stereocenters. The summed E-state index contributed by atoms with van der Waals surface area (Å²) >= 11 is 0. The number of piperidine rings is 1. The standard InChI is InChI=1S/C26H32FN5O4/c1-16(33)31-6-4-17(5-7-31)11-36-19-8-20(27)23-21(9-19)28-22(29-24(23)34)10-30-12-26(13-30)14-32(15-26)25(35)18-2-3-18/h8-9,17-18H,2-7,10-15H2,1H3,(H,28,29,34). The zero-order valence-electron chi connectivity index (χ0n) is 20.6. The fourth-order valence-corrected chi connectivity index (χ4v) is 5.97. The van der Waals surface area contributed by atoms with E-state index in [0.717, 1.165) is 51.9 Å². The first-order valence-corrected chi connectivity index (χ1v) is 12.9. The van der Waals surface area contributed by atoms with Crippen LogP contribution < -0.4 is 10.3 Å². The van der Waals surface area contributed by atoms with Gasteiger partial charge in [-0.1, -0.05) is 0 Å². The summed E-state index contributed by atoms with van der Waals surface area (Å²) in [5.41, 5.74) is -0.0268. The fraction of sp³-hybridized carbons (Fsp3) is 0.615. The second-order valence-corrected chi connectivity index (χ2v) is 11.2. The van der Waals surface area contributed by atoms with Gasteiger partial charge in [0.2, 0.25) is 11.8 Å². The van der Waals surface area contributed by atoms with E-state index in [4.69, 9.17) is 4.74 Å². The Balaban J connectivity index is 1.07. The number of amides is 2. The van der Waals surface area contributed by atoms with Gasteiger partial charge >= 0.3 is 0 Å². The molecule has 6 rings (SSSR count). The lowest BCUT2D eigenvalue weighted by molar-refractivity contribution is -0.161. The van der Waals surface area contributed by atoms with E-state index in [0.29, 0.717) is 49.6 Å². The molecule has 1 aliphatic carbocycles. The van der Waals surface area contributed by atoms with Crippen molar-refractivity contribution in [3.8, 4) is 5.75 Å². The number of aromatic amines is 1. The average Bonchev–Trinajstić information content (AvgIpc) is 3.63. The topological polar surface area (TPSA) is 98.8 Å². The molecule has 9 nitrogen and oxygen atoms in total. The van der Waals surface area contributed by atoms with Crippen LogP contribution in [0.4, 0.5) is 4.39 Å². The van der Waals surface area contributed by atoms with Gasteiger partial charge in [-0.15, -0.1) is 0 Å². The fourth-order valence-electron chi connectivity index (χ4n) is 5.97. The predicted octanol–water partition coefficient (Wildman–Crippen LogP) is 1.75. The van der Waals surface area contributed by atoms with Crippen LogP contribution in [0.3, 0.4) is 0 Å². The molecule has 1 spiro atoms. The van der Waals surface area contributed by atoms with Crippen molar-refractivity contribution in [3.05, 3.63) is 34.1 Å². The lowest BCUT2D eigenvalue weighted by Crippen LogP contribution is -2.72. The molecule has 4 heterocycles. The lowest BCUT2D eigenvalue weighted by Gasteiger charge is -2.60. The highest BCUT2D eigenvalue weighted by Gasteiger charge is 2.54. The summed E-state index contributed by atoms with van der Waals surface area (Å²) < 4.78 is 20.7. The van der Waals surface area contributed by atoms with Crippen LogP contribution >= 0.6 is 0 Å². The minimum absolute atomic E-state index is 0.0610. The number of carbonyl (C=O) groups is 2. The molecule has 36 heavy (non-hydrogen) atoms. The number of nitrogens with zero attached hydrogens (tertiary/aromatic N) is 4. The highest BCUT2D eigenvalue weighted by Crippen LogP contribution is 2.43. The largest absolute Gasteiger partial charge is 0.493 e. The highest BCUT2D eigenvalue weighted by molar-refractivity contribution is 5.82. The number of hydrogen-bond acceptors (Lipinski definition) is 6. The third-order valence-corrected chi connectivity index (χ3v) is 8.11. The van der Waals surface area contributed by atoms with Crippen molar-refractivity contribution >= 4 is 22.7 Å². The number of fused-ring (bicyclic) bond motifs is 1. The van der Waals surface area contributed by atoms with Gasteiger partial charge in [0.05, 0.1) is 18.7 Å². The summed E-state index contributed by atoms with van der Waals surface area (Å²) in [6, 6.07) is 2.88. The number of carbonyl (C=O) groups excluding carboxylic acids is 2. The molecule has 1 N–H and O–H groups in total. The van der Waals surface area contributed by atoms with Crippen molar-refractivity contribution in [2.75, 3.05) is 45.9 Å². The molecule has 1 aromatic heterocycles. The highest BCUT2D eigenvalue weighted by atomic mass is 19.1. The Morgan fingerprint density at radius 3 is 2.50 bits per heavy atom. The number of benzene rings is 1. The van der Waals surface area contributed by atoms with Crippen molar-refractivity contribution in [2.45, 2.75) is 39.2 Å². The van der Waals surface area contributed by atoms with Gasteiger partial charge in [0.25, 0.3) is 5.56 Å². The van der Waals surface area contributed by atoms with E-state index in [2.05, 4.69) is 14.9 Å². The van der Waals surface area contributed by atoms with E-state index in [1.54, 1.807) is 13.0 Å².